The molecule has 1 atom stereocenters. The number of nitrogen functional groups attached to an aromatic ring is 1. The van der Waals surface area contributed by atoms with Gasteiger partial charge in [0.1, 0.15) is 5.69 Å². The molecule has 1 saturated carbocycles. The first kappa shape index (κ1) is 20.2. The lowest BCUT2D eigenvalue weighted by molar-refractivity contribution is 0.0700. The van der Waals surface area contributed by atoms with Crippen molar-refractivity contribution in [1.82, 2.24) is 25.1 Å². The monoisotopic (exact) mass is 403 g/mol. The van der Waals surface area contributed by atoms with E-state index in [1.165, 1.54) is 12.8 Å². The second-order valence-corrected chi connectivity index (χ2v) is 8.68. The molecule has 9 nitrogen and oxygen atoms in total. The Morgan fingerprint density at radius 3 is 2.59 bits per heavy atom. The minimum absolute atomic E-state index is 0.0719. The molecule has 160 valence electrons. The van der Waals surface area contributed by atoms with E-state index in [-0.39, 0.29) is 29.0 Å². The molecule has 4 N–H and O–H groups in total. The molecule has 29 heavy (non-hydrogen) atoms. The van der Waals surface area contributed by atoms with Gasteiger partial charge in [-0.3, -0.25) is 14.5 Å². The zero-order valence-electron chi connectivity index (χ0n) is 17.5. The third kappa shape index (κ3) is 4.40. The second kappa shape index (κ2) is 8.31. The third-order valence-corrected chi connectivity index (χ3v) is 6.52. The van der Waals surface area contributed by atoms with Crippen molar-refractivity contribution in [3.8, 4) is 0 Å². The Hall–Kier alpha value is -2.13. The molecule has 1 unspecified atom stereocenters. The molecule has 4 rings (SSSR count). The number of rotatable bonds is 5. The first-order valence-electron chi connectivity index (χ1n) is 10.9. The van der Waals surface area contributed by atoms with Gasteiger partial charge in [0.15, 0.2) is 11.6 Å². The number of aromatic amines is 1. The Kier molecular flexibility index (Phi) is 5.78. The predicted molar refractivity (Wildman–Crippen MR) is 113 cm³/mol. The summed E-state index contributed by atoms with van der Waals surface area (Å²) in [7, 11) is 2.18. The quantitative estimate of drug-likeness (QED) is 0.646. The van der Waals surface area contributed by atoms with Crippen molar-refractivity contribution < 1.29 is 4.79 Å². The van der Waals surface area contributed by atoms with Gasteiger partial charge in [-0.25, -0.2) is 4.98 Å². The van der Waals surface area contributed by atoms with Crippen molar-refractivity contribution in [3.05, 3.63) is 16.0 Å². The number of carbonyl (C=O) groups excluding carboxylic acids is 1. The van der Waals surface area contributed by atoms with Crippen LogP contribution in [0.1, 0.15) is 49.5 Å². The molecule has 0 radical (unpaired) electrons. The highest BCUT2D eigenvalue weighted by Gasteiger charge is 2.34. The standard InChI is InChI=1S/C20H33N7O2/c1-3-14-12-26(10-11-27(14)15-6-8-25(2)9-7-15)18-20(29)23-16(17(21)24-18)19(28)22-13-4-5-13/h13-15H,3-12H2,1-2H3,(H2,21,24)(H,22,28)(H,23,29). The maximum Gasteiger partial charge on any atom is 0.291 e. The van der Waals surface area contributed by atoms with Crippen LogP contribution >= 0.6 is 0 Å². The van der Waals surface area contributed by atoms with Gasteiger partial charge in [-0.15, -0.1) is 0 Å². The van der Waals surface area contributed by atoms with Crippen LogP contribution in [0.2, 0.25) is 0 Å². The van der Waals surface area contributed by atoms with Crippen molar-refractivity contribution in [3.63, 3.8) is 0 Å². The smallest absolute Gasteiger partial charge is 0.291 e. The molecule has 3 fully saturated rings. The summed E-state index contributed by atoms with van der Waals surface area (Å²) in [5.74, 6) is 0.0650. The number of piperazine rings is 1. The Morgan fingerprint density at radius 1 is 1.21 bits per heavy atom. The van der Waals surface area contributed by atoms with Gasteiger partial charge < -0.3 is 25.8 Å². The van der Waals surface area contributed by atoms with Crippen LogP contribution in [0.15, 0.2) is 4.79 Å². The van der Waals surface area contributed by atoms with Gasteiger partial charge in [0.2, 0.25) is 0 Å². The molecule has 2 saturated heterocycles. The minimum atomic E-state index is -0.348. The third-order valence-electron chi connectivity index (χ3n) is 6.52. The summed E-state index contributed by atoms with van der Waals surface area (Å²) in [5, 5.41) is 2.85. The highest BCUT2D eigenvalue weighted by atomic mass is 16.2. The summed E-state index contributed by atoms with van der Waals surface area (Å²) >= 11 is 0. The number of nitrogens with zero attached hydrogens (tertiary/aromatic N) is 4. The van der Waals surface area contributed by atoms with Crippen molar-refractivity contribution >= 4 is 17.5 Å². The van der Waals surface area contributed by atoms with Gasteiger partial charge in [0.05, 0.1) is 0 Å². The van der Waals surface area contributed by atoms with E-state index in [0.29, 0.717) is 17.9 Å². The molecule has 9 heteroatoms. The van der Waals surface area contributed by atoms with E-state index in [4.69, 9.17) is 5.73 Å². The number of H-pyrrole nitrogens is 1. The number of anilines is 2. The van der Waals surface area contributed by atoms with E-state index in [1.807, 2.05) is 4.90 Å². The summed E-state index contributed by atoms with van der Waals surface area (Å²) in [5.41, 5.74) is 5.76. The van der Waals surface area contributed by atoms with E-state index < -0.39 is 0 Å². The lowest BCUT2D eigenvalue weighted by Crippen LogP contribution is -2.59. The average Bonchev–Trinajstić information content (AvgIpc) is 3.53. The largest absolute Gasteiger partial charge is 0.382 e. The molecule has 2 aliphatic heterocycles. The molecular formula is C20H33N7O2. The summed E-state index contributed by atoms with van der Waals surface area (Å²) in [4.78, 5) is 39.0. The fourth-order valence-corrected chi connectivity index (χ4v) is 4.56. The Morgan fingerprint density at radius 2 is 1.93 bits per heavy atom. The van der Waals surface area contributed by atoms with E-state index >= 15 is 0 Å². The number of hydrogen-bond acceptors (Lipinski definition) is 7. The number of aromatic nitrogens is 2. The molecule has 3 aliphatic rings. The summed E-state index contributed by atoms with van der Waals surface area (Å²) in [6.07, 6.45) is 5.37. The number of likely N-dealkylation sites (tertiary alicyclic amines) is 1. The van der Waals surface area contributed by atoms with Crippen molar-refractivity contribution in [2.45, 2.75) is 57.2 Å². The number of piperidine rings is 1. The van der Waals surface area contributed by atoms with Crippen LogP contribution < -0.4 is 21.5 Å². The Balaban J connectivity index is 1.47. The Bertz CT molecular complexity index is 799. The normalized spacial score (nSPS) is 24.6. The van der Waals surface area contributed by atoms with Gasteiger partial charge in [-0.2, -0.15) is 0 Å². The fourth-order valence-electron chi connectivity index (χ4n) is 4.56. The molecule has 0 spiro atoms. The fraction of sp³-hybridized carbons (Fsp3) is 0.750. The van der Waals surface area contributed by atoms with Crippen molar-refractivity contribution in [2.24, 2.45) is 0 Å². The van der Waals surface area contributed by atoms with Gasteiger partial charge in [0.25, 0.3) is 11.5 Å². The highest BCUT2D eigenvalue weighted by Crippen LogP contribution is 2.25. The minimum Gasteiger partial charge on any atom is -0.382 e. The van der Waals surface area contributed by atoms with Crippen LogP contribution in [0.25, 0.3) is 0 Å². The zero-order valence-corrected chi connectivity index (χ0v) is 17.5. The summed E-state index contributed by atoms with van der Waals surface area (Å²) in [6.45, 7) is 6.90. The molecule has 3 heterocycles. The molecule has 1 aromatic heterocycles. The first-order chi connectivity index (χ1) is 14.0. The SMILES string of the molecule is CCC1CN(c2nc(N)c(C(=O)NC3CC3)[nH]c2=O)CCN1C1CCN(C)CC1. The van der Waals surface area contributed by atoms with E-state index in [9.17, 15) is 9.59 Å². The van der Waals surface area contributed by atoms with Gasteiger partial charge in [0, 0.05) is 37.8 Å². The summed E-state index contributed by atoms with van der Waals surface area (Å²) in [6, 6.07) is 1.20. The van der Waals surface area contributed by atoms with Gasteiger partial charge in [-0.05, 0) is 52.2 Å². The van der Waals surface area contributed by atoms with Crippen LogP contribution in [-0.4, -0.2) is 83.6 Å². The topological polar surface area (TPSA) is 111 Å². The van der Waals surface area contributed by atoms with Gasteiger partial charge in [-0.1, -0.05) is 6.92 Å². The lowest BCUT2D eigenvalue weighted by atomic mass is 9.98. The van der Waals surface area contributed by atoms with E-state index in [1.54, 1.807) is 0 Å². The van der Waals surface area contributed by atoms with Crippen LogP contribution in [-0.2, 0) is 0 Å². The lowest BCUT2D eigenvalue weighted by Gasteiger charge is -2.47. The molecule has 1 aromatic rings. The molecule has 1 aliphatic carbocycles. The second-order valence-electron chi connectivity index (χ2n) is 8.68. The average molecular weight is 404 g/mol. The van der Waals surface area contributed by atoms with Crippen LogP contribution in [0.3, 0.4) is 0 Å². The number of hydrogen-bond donors (Lipinski definition) is 3. The van der Waals surface area contributed by atoms with E-state index in [2.05, 4.69) is 39.1 Å². The number of nitrogens with two attached hydrogens (primary N) is 1. The van der Waals surface area contributed by atoms with Crippen LogP contribution in [0, 0.1) is 0 Å². The van der Waals surface area contributed by atoms with Crippen LogP contribution in [0.4, 0.5) is 11.6 Å². The van der Waals surface area contributed by atoms with Crippen molar-refractivity contribution in [1.29, 1.82) is 0 Å². The molecule has 0 bridgehead atoms. The molecular weight excluding hydrogens is 370 g/mol. The van der Waals surface area contributed by atoms with E-state index in [0.717, 1.165) is 52.0 Å². The summed E-state index contributed by atoms with van der Waals surface area (Å²) < 4.78 is 0. The highest BCUT2D eigenvalue weighted by molar-refractivity contribution is 5.96. The van der Waals surface area contributed by atoms with Crippen LogP contribution in [0.5, 0.6) is 0 Å². The molecule has 0 aromatic carbocycles. The Labute approximate surface area is 171 Å². The number of carbonyl (C=O) groups is 1. The maximum atomic E-state index is 12.7. The zero-order chi connectivity index (χ0) is 20.5. The molecule has 1 amide bonds. The van der Waals surface area contributed by atoms with Crippen molar-refractivity contribution in [2.75, 3.05) is 50.4 Å². The predicted octanol–water partition coefficient (Wildman–Crippen LogP) is 0.239. The number of amides is 1. The van der Waals surface area contributed by atoms with Gasteiger partial charge >= 0.3 is 0 Å². The first-order valence-corrected chi connectivity index (χ1v) is 10.9. The maximum absolute atomic E-state index is 12.7. The number of nitrogens with one attached hydrogen (secondary N) is 2.